The van der Waals surface area contributed by atoms with Crippen LogP contribution in [-0.2, 0) is 24.2 Å². The van der Waals surface area contributed by atoms with Crippen LogP contribution in [0.25, 0.3) is 0 Å². The van der Waals surface area contributed by atoms with Crippen LogP contribution in [0, 0.1) is 0 Å². The van der Waals surface area contributed by atoms with Gasteiger partial charge in [0, 0.05) is 5.69 Å². The molecule has 2 atom stereocenters. The zero-order valence-corrected chi connectivity index (χ0v) is 15.7. The van der Waals surface area contributed by atoms with E-state index < -0.39 is 39.9 Å². The molecule has 10 heteroatoms. The predicted octanol–water partition coefficient (Wildman–Crippen LogP) is -3.13. The molecule has 0 radical (unpaired) electrons. The zero-order valence-electron chi connectivity index (χ0n) is 12.9. The molecule has 0 aliphatic heterocycles. The maximum atomic E-state index is 12.4. The van der Waals surface area contributed by atoms with Crippen LogP contribution in [0.15, 0.2) is 29.2 Å². The molecule has 23 heavy (non-hydrogen) atoms. The standard InChI is InChI=1S/C13H16FNO6S.Na/c1-8(21-9(2)13(17)18)12(16)15-10-4-3-5-11(6-10)22(19,20)7-14;/h3-6,8-9H,7H2,1-2H3,(H,15,16)(H,17,18);/q;+1/p-1. The van der Waals surface area contributed by atoms with Crippen molar-refractivity contribution in [1.82, 2.24) is 0 Å². The molecule has 0 aromatic heterocycles. The molecule has 0 heterocycles. The van der Waals surface area contributed by atoms with Crippen molar-refractivity contribution in [3.63, 3.8) is 0 Å². The van der Waals surface area contributed by atoms with E-state index in [-0.39, 0.29) is 40.1 Å². The minimum atomic E-state index is -4.04. The Morgan fingerprint density at radius 1 is 1.30 bits per heavy atom. The number of ether oxygens (including phenoxy) is 1. The Balaban J connectivity index is 0.00000484. The molecule has 1 amide bonds. The third-order valence-electron chi connectivity index (χ3n) is 2.71. The number of sulfone groups is 1. The summed E-state index contributed by atoms with van der Waals surface area (Å²) in [5.41, 5.74) is 0.121. The number of amides is 1. The van der Waals surface area contributed by atoms with Gasteiger partial charge in [0.15, 0.2) is 6.01 Å². The SMILES string of the molecule is CC(OC(C)C(=O)Nc1cccc(S(=O)(=O)CF)c1)C(=O)[O-].[Na+]. The third kappa shape index (κ3) is 6.56. The van der Waals surface area contributed by atoms with Crippen LogP contribution in [0.2, 0.25) is 0 Å². The summed E-state index contributed by atoms with van der Waals surface area (Å²) in [6.07, 6.45) is -2.38. The van der Waals surface area contributed by atoms with Crippen molar-refractivity contribution in [1.29, 1.82) is 0 Å². The second kappa shape index (κ2) is 9.33. The average molecular weight is 355 g/mol. The van der Waals surface area contributed by atoms with Gasteiger partial charge in [-0.25, -0.2) is 12.8 Å². The van der Waals surface area contributed by atoms with Crippen LogP contribution in [0.1, 0.15) is 13.8 Å². The molecule has 1 N–H and O–H groups in total. The molecule has 0 spiro atoms. The summed E-state index contributed by atoms with van der Waals surface area (Å²) in [5.74, 6) is -2.14. The molecule has 0 bridgehead atoms. The van der Waals surface area contributed by atoms with Crippen LogP contribution in [-0.4, -0.2) is 38.5 Å². The van der Waals surface area contributed by atoms with Gasteiger partial charge in [-0.1, -0.05) is 6.07 Å². The largest absolute Gasteiger partial charge is 1.00 e. The van der Waals surface area contributed by atoms with Gasteiger partial charge in [0.05, 0.1) is 17.0 Å². The number of hydrogen-bond donors (Lipinski definition) is 1. The van der Waals surface area contributed by atoms with Crippen LogP contribution >= 0.6 is 0 Å². The molecular formula is C13H15FNNaO6S. The fraction of sp³-hybridized carbons (Fsp3) is 0.385. The Bertz CT molecular complexity index is 666. The molecule has 122 valence electrons. The van der Waals surface area contributed by atoms with Gasteiger partial charge in [0.2, 0.25) is 9.84 Å². The number of nitrogens with one attached hydrogen (secondary N) is 1. The summed E-state index contributed by atoms with van der Waals surface area (Å²) >= 11 is 0. The van der Waals surface area contributed by atoms with E-state index in [2.05, 4.69) is 5.32 Å². The first-order valence-corrected chi connectivity index (χ1v) is 7.88. The van der Waals surface area contributed by atoms with Crippen molar-refractivity contribution in [2.45, 2.75) is 31.0 Å². The van der Waals surface area contributed by atoms with Crippen molar-refractivity contribution in [2.75, 3.05) is 11.3 Å². The molecule has 0 fully saturated rings. The number of carboxylic acid groups (broad SMARTS) is 1. The Morgan fingerprint density at radius 3 is 2.43 bits per heavy atom. The van der Waals surface area contributed by atoms with Gasteiger partial charge < -0.3 is 20.0 Å². The summed E-state index contributed by atoms with van der Waals surface area (Å²) in [6, 6.07) is 3.49. The second-order valence-corrected chi connectivity index (χ2v) is 6.40. The van der Waals surface area contributed by atoms with Gasteiger partial charge in [0.25, 0.3) is 5.91 Å². The summed E-state index contributed by atoms with van der Waals surface area (Å²) in [6.45, 7) is 2.55. The molecule has 1 aromatic rings. The Morgan fingerprint density at radius 2 is 1.91 bits per heavy atom. The third-order valence-corrected chi connectivity index (χ3v) is 3.97. The number of carboxylic acids is 1. The van der Waals surface area contributed by atoms with Crippen molar-refractivity contribution < 1.29 is 61.8 Å². The molecule has 0 aliphatic rings. The van der Waals surface area contributed by atoms with Gasteiger partial charge in [-0.05, 0) is 32.0 Å². The first-order chi connectivity index (χ1) is 10.2. The molecule has 1 aromatic carbocycles. The topological polar surface area (TPSA) is 113 Å². The van der Waals surface area contributed by atoms with Gasteiger partial charge in [0.1, 0.15) is 6.10 Å². The summed E-state index contributed by atoms with van der Waals surface area (Å²) in [7, 11) is -4.04. The summed E-state index contributed by atoms with van der Waals surface area (Å²) in [5, 5.41) is 12.9. The number of rotatable bonds is 7. The fourth-order valence-electron chi connectivity index (χ4n) is 1.50. The molecule has 0 saturated carbocycles. The Hall–Kier alpha value is -1.00. The summed E-state index contributed by atoms with van der Waals surface area (Å²) in [4.78, 5) is 22.1. The van der Waals surface area contributed by atoms with E-state index in [4.69, 9.17) is 4.74 Å². The number of carbonyl (C=O) groups is 2. The van der Waals surface area contributed by atoms with E-state index in [0.29, 0.717) is 0 Å². The van der Waals surface area contributed by atoms with Gasteiger partial charge in [-0.3, -0.25) is 4.79 Å². The van der Waals surface area contributed by atoms with Gasteiger partial charge >= 0.3 is 29.6 Å². The Kier molecular flexibility index (Phi) is 8.93. The Labute approximate surface area is 155 Å². The molecule has 0 saturated heterocycles. The minimum Gasteiger partial charge on any atom is -0.547 e. The fourth-order valence-corrected chi connectivity index (χ4v) is 2.22. The van der Waals surface area contributed by atoms with Crippen LogP contribution in [0.4, 0.5) is 10.1 Å². The number of alkyl halides is 1. The second-order valence-electron chi connectivity index (χ2n) is 4.48. The van der Waals surface area contributed by atoms with Crippen molar-refractivity contribution in [3.8, 4) is 0 Å². The maximum Gasteiger partial charge on any atom is 1.00 e. The number of benzene rings is 1. The summed E-state index contributed by atoms with van der Waals surface area (Å²) < 4.78 is 40.2. The van der Waals surface area contributed by atoms with E-state index in [0.717, 1.165) is 6.07 Å². The first-order valence-electron chi connectivity index (χ1n) is 6.23. The molecule has 1 rings (SSSR count). The first kappa shape index (κ1) is 22.0. The minimum absolute atomic E-state index is 0. The number of hydrogen-bond acceptors (Lipinski definition) is 6. The molecule has 2 unspecified atom stereocenters. The predicted molar refractivity (Wildman–Crippen MR) is 73.2 cm³/mol. The van der Waals surface area contributed by atoms with Crippen molar-refractivity contribution in [2.24, 2.45) is 0 Å². The number of aliphatic carboxylic acids is 1. The van der Waals surface area contributed by atoms with Crippen LogP contribution < -0.4 is 40.0 Å². The number of carbonyl (C=O) groups excluding carboxylic acids is 2. The smallest absolute Gasteiger partial charge is 0.547 e. The molecular weight excluding hydrogens is 340 g/mol. The van der Waals surface area contributed by atoms with E-state index in [9.17, 15) is 27.5 Å². The van der Waals surface area contributed by atoms with E-state index in [1.165, 1.54) is 32.0 Å². The molecule has 7 nitrogen and oxygen atoms in total. The van der Waals surface area contributed by atoms with E-state index >= 15 is 0 Å². The zero-order chi connectivity index (χ0) is 16.9. The number of anilines is 1. The average Bonchev–Trinajstić information content (AvgIpc) is 2.47. The number of halogens is 1. The monoisotopic (exact) mass is 355 g/mol. The maximum absolute atomic E-state index is 12.4. The van der Waals surface area contributed by atoms with E-state index in [1.807, 2.05) is 0 Å². The van der Waals surface area contributed by atoms with Gasteiger partial charge in [-0.15, -0.1) is 0 Å². The molecule has 0 aliphatic carbocycles. The van der Waals surface area contributed by atoms with Gasteiger partial charge in [-0.2, -0.15) is 0 Å². The van der Waals surface area contributed by atoms with Crippen molar-refractivity contribution in [3.05, 3.63) is 24.3 Å². The normalized spacial score (nSPS) is 13.5. The van der Waals surface area contributed by atoms with Crippen LogP contribution in [0.5, 0.6) is 0 Å². The van der Waals surface area contributed by atoms with E-state index in [1.54, 1.807) is 0 Å². The van der Waals surface area contributed by atoms with Crippen LogP contribution in [0.3, 0.4) is 0 Å². The quantitative estimate of drug-likeness (QED) is 0.518. The van der Waals surface area contributed by atoms with Crippen molar-refractivity contribution >= 4 is 27.4 Å².